The van der Waals surface area contributed by atoms with Crippen molar-refractivity contribution in [3.8, 4) is 0 Å². The molecule has 1 aliphatic rings. The summed E-state index contributed by atoms with van der Waals surface area (Å²) in [6.45, 7) is 4.41. The van der Waals surface area contributed by atoms with Crippen LogP contribution in [0.4, 0.5) is 0 Å². The number of hydrogen-bond acceptors (Lipinski definition) is 4. The summed E-state index contributed by atoms with van der Waals surface area (Å²) in [6.07, 6.45) is 4.55. The second-order valence-electron chi connectivity index (χ2n) is 6.14. The fraction of sp³-hybridized carbons (Fsp3) is 0.643. The van der Waals surface area contributed by atoms with Crippen molar-refractivity contribution in [1.29, 1.82) is 0 Å². The Morgan fingerprint density at radius 1 is 1.35 bits per heavy atom. The van der Waals surface area contributed by atoms with Gasteiger partial charge in [-0.3, -0.25) is 4.79 Å². The molecule has 0 bridgehead atoms. The van der Waals surface area contributed by atoms with Crippen molar-refractivity contribution in [3.05, 3.63) is 27.9 Å². The third-order valence-electron chi connectivity index (χ3n) is 4.26. The van der Waals surface area contributed by atoms with Crippen molar-refractivity contribution in [2.24, 2.45) is 5.41 Å². The standard InChI is InChI=1S/C14H20N2O4/c1-13(2)4-6-14(20-3,7-5-13)12-15-8-9(11(18)19)10(17)16-12/h8H,4-7H2,1-3H3,(H,18,19)(H,15,16,17). The molecule has 1 heterocycles. The van der Waals surface area contributed by atoms with Crippen molar-refractivity contribution < 1.29 is 14.6 Å². The SMILES string of the molecule is COC1(c2ncc(C(=O)O)c(=O)[nH]2)CCC(C)(C)CC1. The Hall–Kier alpha value is -1.69. The van der Waals surface area contributed by atoms with Crippen LogP contribution in [0.2, 0.25) is 0 Å². The summed E-state index contributed by atoms with van der Waals surface area (Å²) in [6, 6.07) is 0. The van der Waals surface area contributed by atoms with Crippen LogP contribution >= 0.6 is 0 Å². The van der Waals surface area contributed by atoms with E-state index in [9.17, 15) is 9.59 Å². The van der Waals surface area contributed by atoms with Crippen molar-refractivity contribution in [3.63, 3.8) is 0 Å². The van der Waals surface area contributed by atoms with Gasteiger partial charge in [0.2, 0.25) is 0 Å². The fourth-order valence-electron chi connectivity index (χ4n) is 2.65. The highest BCUT2D eigenvalue weighted by Gasteiger charge is 2.41. The minimum atomic E-state index is -1.28. The van der Waals surface area contributed by atoms with Crippen LogP contribution in [0.3, 0.4) is 0 Å². The van der Waals surface area contributed by atoms with E-state index >= 15 is 0 Å². The van der Waals surface area contributed by atoms with Crippen molar-refractivity contribution in [2.45, 2.75) is 45.1 Å². The van der Waals surface area contributed by atoms with Crippen LogP contribution < -0.4 is 5.56 Å². The van der Waals surface area contributed by atoms with E-state index in [1.165, 1.54) is 0 Å². The van der Waals surface area contributed by atoms with Crippen molar-refractivity contribution in [1.82, 2.24) is 9.97 Å². The fourth-order valence-corrected chi connectivity index (χ4v) is 2.65. The number of carboxylic acids is 1. The molecule has 2 rings (SSSR count). The van der Waals surface area contributed by atoms with E-state index in [4.69, 9.17) is 9.84 Å². The summed E-state index contributed by atoms with van der Waals surface area (Å²) >= 11 is 0. The predicted molar refractivity (Wildman–Crippen MR) is 72.8 cm³/mol. The molecule has 6 nitrogen and oxygen atoms in total. The Labute approximate surface area is 117 Å². The minimum Gasteiger partial charge on any atom is -0.477 e. The predicted octanol–water partition coefficient (Wildman–Crippen LogP) is 1.91. The van der Waals surface area contributed by atoms with Gasteiger partial charge in [0.05, 0.1) is 0 Å². The number of aromatic amines is 1. The van der Waals surface area contributed by atoms with E-state index in [-0.39, 0.29) is 11.0 Å². The van der Waals surface area contributed by atoms with Crippen LogP contribution in [-0.4, -0.2) is 28.2 Å². The van der Waals surface area contributed by atoms with Gasteiger partial charge in [0, 0.05) is 13.3 Å². The largest absolute Gasteiger partial charge is 0.477 e. The maximum atomic E-state index is 11.8. The van der Waals surface area contributed by atoms with Gasteiger partial charge in [-0.1, -0.05) is 13.8 Å². The lowest BCUT2D eigenvalue weighted by Gasteiger charge is -2.41. The zero-order valence-electron chi connectivity index (χ0n) is 12.0. The number of aromatic nitrogens is 2. The number of methoxy groups -OCH3 is 1. The van der Waals surface area contributed by atoms with Gasteiger partial charge in [-0.25, -0.2) is 9.78 Å². The van der Waals surface area contributed by atoms with Crippen LogP contribution in [0.25, 0.3) is 0 Å². The van der Waals surface area contributed by atoms with Gasteiger partial charge in [0.1, 0.15) is 17.0 Å². The summed E-state index contributed by atoms with van der Waals surface area (Å²) in [5.41, 5.74) is -1.35. The molecule has 0 radical (unpaired) electrons. The molecule has 0 aliphatic heterocycles. The summed E-state index contributed by atoms with van der Waals surface area (Å²) in [7, 11) is 1.60. The first-order valence-electron chi connectivity index (χ1n) is 6.68. The zero-order chi connectivity index (χ0) is 15.0. The average Bonchev–Trinajstić information content (AvgIpc) is 2.39. The molecule has 0 aromatic carbocycles. The lowest BCUT2D eigenvalue weighted by molar-refractivity contribution is -0.0731. The van der Waals surface area contributed by atoms with E-state index in [2.05, 4.69) is 23.8 Å². The Kier molecular flexibility index (Phi) is 3.69. The number of nitrogens with one attached hydrogen (secondary N) is 1. The normalized spacial score (nSPS) is 20.6. The second-order valence-corrected chi connectivity index (χ2v) is 6.14. The lowest BCUT2D eigenvalue weighted by Crippen LogP contribution is -2.39. The molecule has 2 N–H and O–H groups in total. The Morgan fingerprint density at radius 2 is 1.95 bits per heavy atom. The topological polar surface area (TPSA) is 92.3 Å². The molecule has 0 atom stereocenters. The highest BCUT2D eigenvalue weighted by atomic mass is 16.5. The number of ether oxygens (including phenoxy) is 1. The van der Waals surface area contributed by atoms with Gasteiger partial charge in [-0.05, 0) is 31.1 Å². The number of carboxylic acid groups (broad SMARTS) is 1. The number of nitrogens with zero attached hydrogens (tertiary/aromatic N) is 1. The highest BCUT2D eigenvalue weighted by Crippen LogP contribution is 2.45. The molecule has 1 saturated carbocycles. The van der Waals surface area contributed by atoms with Gasteiger partial charge in [-0.15, -0.1) is 0 Å². The molecule has 1 fully saturated rings. The molecule has 0 amide bonds. The second kappa shape index (κ2) is 5.01. The molecule has 1 aromatic rings. The summed E-state index contributed by atoms with van der Waals surface area (Å²) in [4.78, 5) is 29.3. The first kappa shape index (κ1) is 14.7. The van der Waals surface area contributed by atoms with Gasteiger partial charge >= 0.3 is 5.97 Å². The molecular formula is C14H20N2O4. The molecule has 0 unspecified atom stereocenters. The Balaban J connectivity index is 2.36. The van der Waals surface area contributed by atoms with Gasteiger partial charge in [0.15, 0.2) is 0 Å². The number of rotatable bonds is 3. The molecule has 6 heteroatoms. The van der Waals surface area contributed by atoms with Crippen LogP contribution in [-0.2, 0) is 10.3 Å². The third-order valence-corrected chi connectivity index (χ3v) is 4.26. The highest BCUT2D eigenvalue weighted by molar-refractivity contribution is 5.86. The first-order chi connectivity index (χ1) is 9.30. The lowest BCUT2D eigenvalue weighted by atomic mass is 9.70. The van der Waals surface area contributed by atoms with Gasteiger partial charge < -0.3 is 14.8 Å². The van der Waals surface area contributed by atoms with E-state index in [1.807, 2.05) is 0 Å². The van der Waals surface area contributed by atoms with E-state index in [0.717, 1.165) is 31.9 Å². The van der Waals surface area contributed by atoms with Crippen LogP contribution in [0.1, 0.15) is 55.7 Å². The van der Waals surface area contributed by atoms with E-state index < -0.39 is 17.1 Å². The van der Waals surface area contributed by atoms with Crippen LogP contribution in [0.15, 0.2) is 11.0 Å². The number of aromatic carboxylic acids is 1. The van der Waals surface area contributed by atoms with Crippen molar-refractivity contribution in [2.75, 3.05) is 7.11 Å². The molecule has 0 spiro atoms. The maximum absolute atomic E-state index is 11.8. The van der Waals surface area contributed by atoms with Crippen molar-refractivity contribution >= 4 is 5.97 Å². The third kappa shape index (κ3) is 2.60. The summed E-state index contributed by atoms with van der Waals surface area (Å²) in [5, 5.41) is 8.87. The smallest absolute Gasteiger partial charge is 0.342 e. The molecule has 110 valence electrons. The van der Waals surface area contributed by atoms with Crippen LogP contribution in [0, 0.1) is 5.41 Å². The quantitative estimate of drug-likeness (QED) is 0.882. The molecule has 1 aliphatic carbocycles. The molecular weight excluding hydrogens is 260 g/mol. The summed E-state index contributed by atoms with van der Waals surface area (Å²) in [5.74, 6) is -0.855. The minimum absolute atomic E-state index is 0.253. The monoisotopic (exact) mass is 280 g/mol. The van der Waals surface area contributed by atoms with Gasteiger partial charge in [-0.2, -0.15) is 0 Å². The first-order valence-corrected chi connectivity index (χ1v) is 6.68. The van der Waals surface area contributed by atoms with Gasteiger partial charge in [0.25, 0.3) is 5.56 Å². The Bertz CT molecular complexity index is 567. The average molecular weight is 280 g/mol. The molecule has 20 heavy (non-hydrogen) atoms. The maximum Gasteiger partial charge on any atom is 0.342 e. The number of H-pyrrole nitrogens is 1. The van der Waals surface area contributed by atoms with E-state index in [1.54, 1.807) is 7.11 Å². The molecule has 0 saturated heterocycles. The van der Waals surface area contributed by atoms with Crippen LogP contribution in [0.5, 0.6) is 0 Å². The number of hydrogen-bond donors (Lipinski definition) is 2. The summed E-state index contributed by atoms with van der Waals surface area (Å²) < 4.78 is 5.63. The Morgan fingerprint density at radius 3 is 2.40 bits per heavy atom. The van der Waals surface area contributed by atoms with E-state index in [0.29, 0.717) is 5.82 Å². The molecule has 1 aromatic heterocycles. The zero-order valence-corrected chi connectivity index (χ0v) is 12.0. The number of carbonyl (C=O) groups is 1.